The molecule has 3 nitrogen and oxygen atoms in total. The monoisotopic (exact) mass is 243 g/mol. The van der Waals surface area contributed by atoms with Gasteiger partial charge in [-0.25, -0.2) is 4.98 Å². The van der Waals surface area contributed by atoms with Gasteiger partial charge in [0.15, 0.2) is 0 Å². The van der Waals surface area contributed by atoms with Crippen molar-refractivity contribution in [2.45, 2.75) is 12.3 Å². The van der Waals surface area contributed by atoms with E-state index in [2.05, 4.69) is 21.5 Å². The Morgan fingerprint density at radius 3 is 3.07 bits per heavy atom. The molecule has 1 fully saturated rings. The SMILES string of the molecule is CSCc1ncc(CN2CCNCC2)s1. The van der Waals surface area contributed by atoms with Gasteiger partial charge in [-0.3, -0.25) is 4.90 Å². The van der Waals surface area contributed by atoms with Crippen molar-refractivity contribution in [2.75, 3.05) is 32.4 Å². The quantitative estimate of drug-likeness (QED) is 0.865. The van der Waals surface area contributed by atoms with E-state index >= 15 is 0 Å². The minimum atomic E-state index is 1.05. The molecular formula is C10H17N3S2. The number of rotatable bonds is 4. The molecule has 0 unspecified atom stereocenters. The van der Waals surface area contributed by atoms with Gasteiger partial charge in [-0.15, -0.1) is 11.3 Å². The van der Waals surface area contributed by atoms with Crippen LogP contribution in [0.3, 0.4) is 0 Å². The van der Waals surface area contributed by atoms with E-state index in [0.717, 1.165) is 38.5 Å². The maximum absolute atomic E-state index is 4.43. The second-order valence-corrected chi connectivity index (χ2v) is 5.75. The molecule has 2 heterocycles. The van der Waals surface area contributed by atoms with Gasteiger partial charge in [-0.1, -0.05) is 0 Å². The van der Waals surface area contributed by atoms with Crippen molar-refractivity contribution in [1.82, 2.24) is 15.2 Å². The number of aromatic nitrogens is 1. The van der Waals surface area contributed by atoms with Crippen LogP contribution in [0.2, 0.25) is 0 Å². The molecule has 0 radical (unpaired) electrons. The predicted molar refractivity (Wildman–Crippen MR) is 67.5 cm³/mol. The van der Waals surface area contributed by atoms with Crippen molar-refractivity contribution in [3.8, 4) is 0 Å². The number of piperazine rings is 1. The second kappa shape index (κ2) is 5.84. The zero-order chi connectivity index (χ0) is 10.5. The highest BCUT2D eigenvalue weighted by Crippen LogP contribution is 2.18. The fraction of sp³-hybridized carbons (Fsp3) is 0.700. The van der Waals surface area contributed by atoms with Gasteiger partial charge in [0.1, 0.15) is 5.01 Å². The van der Waals surface area contributed by atoms with Crippen LogP contribution in [0, 0.1) is 0 Å². The van der Waals surface area contributed by atoms with Crippen LogP contribution < -0.4 is 5.32 Å². The van der Waals surface area contributed by atoms with Crippen LogP contribution in [-0.4, -0.2) is 42.3 Å². The van der Waals surface area contributed by atoms with Crippen molar-refractivity contribution in [3.05, 3.63) is 16.1 Å². The average molecular weight is 243 g/mol. The highest BCUT2D eigenvalue weighted by atomic mass is 32.2. The maximum Gasteiger partial charge on any atom is 0.103 e. The molecule has 0 aromatic carbocycles. The van der Waals surface area contributed by atoms with Crippen molar-refractivity contribution >= 4 is 23.1 Å². The molecule has 1 saturated heterocycles. The summed E-state index contributed by atoms with van der Waals surface area (Å²) in [6, 6.07) is 0. The lowest BCUT2D eigenvalue weighted by Crippen LogP contribution is -2.42. The summed E-state index contributed by atoms with van der Waals surface area (Å²) in [6.45, 7) is 5.65. The standard InChI is InChI=1S/C10H17N3S2/c1-14-8-10-12-6-9(15-10)7-13-4-2-11-3-5-13/h6,11H,2-5,7-8H2,1H3. The maximum atomic E-state index is 4.43. The molecule has 15 heavy (non-hydrogen) atoms. The van der Waals surface area contributed by atoms with Crippen LogP contribution in [0.4, 0.5) is 0 Å². The van der Waals surface area contributed by atoms with Gasteiger partial charge in [0, 0.05) is 49.6 Å². The molecule has 5 heteroatoms. The first-order valence-corrected chi connectivity index (χ1v) is 7.45. The van der Waals surface area contributed by atoms with E-state index in [0.29, 0.717) is 0 Å². The zero-order valence-corrected chi connectivity index (χ0v) is 10.7. The fourth-order valence-electron chi connectivity index (χ4n) is 1.70. The molecule has 0 aliphatic carbocycles. The minimum absolute atomic E-state index is 1.05. The highest BCUT2D eigenvalue weighted by molar-refractivity contribution is 7.97. The Hall–Kier alpha value is -0.100. The summed E-state index contributed by atoms with van der Waals surface area (Å²) in [5, 5.41) is 4.63. The summed E-state index contributed by atoms with van der Waals surface area (Å²) in [5.74, 6) is 1.05. The fourth-order valence-corrected chi connectivity index (χ4v) is 3.37. The lowest BCUT2D eigenvalue weighted by molar-refractivity contribution is 0.235. The number of thioether (sulfide) groups is 1. The van der Waals surface area contributed by atoms with Gasteiger partial charge in [0.05, 0.1) is 0 Å². The highest BCUT2D eigenvalue weighted by Gasteiger charge is 2.11. The van der Waals surface area contributed by atoms with E-state index in [4.69, 9.17) is 0 Å². The topological polar surface area (TPSA) is 28.2 Å². The van der Waals surface area contributed by atoms with Crippen LogP contribution in [0.1, 0.15) is 9.88 Å². The molecule has 0 bridgehead atoms. The van der Waals surface area contributed by atoms with Gasteiger partial charge < -0.3 is 5.32 Å². The van der Waals surface area contributed by atoms with Crippen LogP contribution >= 0.6 is 23.1 Å². The van der Waals surface area contributed by atoms with Crippen molar-refractivity contribution in [1.29, 1.82) is 0 Å². The largest absolute Gasteiger partial charge is 0.314 e. The lowest BCUT2D eigenvalue weighted by Gasteiger charge is -2.26. The number of hydrogen-bond acceptors (Lipinski definition) is 5. The number of hydrogen-bond donors (Lipinski definition) is 1. The van der Waals surface area contributed by atoms with Crippen molar-refractivity contribution in [2.24, 2.45) is 0 Å². The Morgan fingerprint density at radius 2 is 2.33 bits per heavy atom. The average Bonchev–Trinajstić information content (AvgIpc) is 2.68. The van der Waals surface area contributed by atoms with Crippen LogP contribution in [0.5, 0.6) is 0 Å². The summed E-state index contributed by atoms with van der Waals surface area (Å²) in [5.41, 5.74) is 0. The summed E-state index contributed by atoms with van der Waals surface area (Å²) in [7, 11) is 0. The molecule has 0 spiro atoms. The Morgan fingerprint density at radius 1 is 1.53 bits per heavy atom. The Labute approximate surface area is 99.3 Å². The Balaban J connectivity index is 1.86. The van der Waals surface area contributed by atoms with Gasteiger partial charge in [-0.05, 0) is 6.26 Å². The van der Waals surface area contributed by atoms with E-state index in [1.165, 1.54) is 9.88 Å². The third-order valence-electron chi connectivity index (χ3n) is 2.46. The van der Waals surface area contributed by atoms with Crippen molar-refractivity contribution in [3.63, 3.8) is 0 Å². The molecule has 1 aliphatic rings. The first-order valence-electron chi connectivity index (χ1n) is 5.24. The van der Waals surface area contributed by atoms with Gasteiger partial charge in [0.25, 0.3) is 0 Å². The molecule has 2 rings (SSSR count). The first-order chi connectivity index (χ1) is 7.38. The van der Waals surface area contributed by atoms with Gasteiger partial charge in [-0.2, -0.15) is 11.8 Å². The normalized spacial score (nSPS) is 18.2. The number of nitrogens with one attached hydrogen (secondary N) is 1. The molecule has 0 amide bonds. The van der Waals surface area contributed by atoms with Gasteiger partial charge >= 0.3 is 0 Å². The van der Waals surface area contributed by atoms with E-state index in [9.17, 15) is 0 Å². The van der Waals surface area contributed by atoms with E-state index in [1.54, 1.807) is 0 Å². The van der Waals surface area contributed by atoms with E-state index < -0.39 is 0 Å². The summed E-state index contributed by atoms with van der Waals surface area (Å²) in [4.78, 5) is 8.32. The van der Waals surface area contributed by atoms with Crippen LogP contribution in [0.25, 0.3) is 0 Å². The van der Waals surface area contributed by atoms with E-state index in [1.807, 2.05) is 29.3 Å². The Bertz CT molecular complexity index is 295. The predicted octanol–water partition coefficient (Wildman–Crippen LogP) is 1.41. The Kier molecular flexibility index (Phi) is 4.43. The number of thiazole rings is 1. The smallest absolute Gasteiger partial charge is 0.103 e. The van der Waals surface area contributed by atoms with Crippen LogP contribution in [-0.2, 0) is 12.3 Å². The number of nitrogens with zero attached hydrogens (tertiary/aromatic N) is 2. The molecule has 0 atom stereocenters. The third-order valence-corrected chi connectivity index (χ3v) is 4.19. The zero-order valence-electron chi connectivity index (χ0n) is 9.03. The molecule has 84 valence electrons. The second-order valence-electron chi connectivity index (χ2n) is 3.68. The molecule has 1 aromatic heterocycles. The van der Waals surface area contributed by atoms with Crippen LogP contribution in [0.15, 0.2) is 6.20 Å². The van der Waals surface area contributed by atoms with E-state index in [-0.39, 0.29) is 0 Å². The molecule has 1 aromatic rings. The third kappa shape index (κ3) is 3.45. The molecule has 1 N–H and O–H groups in total. The lowest BCUT2D eigenvalue weighted by atomic mass is 10.3. The molecular weight excluding hydrogens is 226 g/mol. The van der Waals surface area contributed by atoms with Gasteiger partial charge in [0.2, 0.25) is 0 Å². The summed E-state index contributed by atoms with van der Waals surface area (Å²) in [6.07, 6.45) is 4.16. The minimum Gasteiger partial charge on any atom is -0.314 e. The molecule has 0 saturated carbocycles. The summed E-state index contributed by atoms with van der Waals surface area (Å²) < 4.78 is 0. The molecule has 1 aliphatic heterocycles. The van der Waals surface area contributed by atoms with Crippen molar-refractivity contribution < 1.29 is 0 Å². The first kappa shape index (κ1) is 11.4. The summed E-state index contributed by atoms with van der Waals surface area (Å²) >= 11 is 3.70.